The first kappa shape index (κ1) is 19.0. The van der Waals surface area contributed by atoms with E-state index in [-0.39, 0.29) is 22.8 Å². The normalized spacial score (nSPS) is 26.8. The van der Waals surface area contributed by atoms with Crippen LogP contribution in [0.15, 0.2) is 43.0 Å². The number of nitrogens with zero attached hydrogens (tertiary/aromatic N) is 4. The number of hydrogen-bond donors (Lipinski definition) is 2. The maximum absolute atomic E-state index is 13.2. The zero-order valence-corrected chi connectivity index (χ0v) is 17.7. The van der Waals surface area contributed by atoms with Gasteiger partial charge in [0.05, 0.1) is 6.20 Å². The molecule has 2 saturated carbocycles. The van der Waals surface area contributed by atoms with Crippen molar-refractivity contribution in [2.75, 3.05) is 5.32 Å². The molecule has 7 nitrogen and oxygen atoms in total. The van der Waals surface area contributed by atoms with Gasteiger partial charge in [-0.1, -0.05) is 26.8 Å². The summed E-state index contributed by atoms with van der Waals surface area (Å²) in [5.74, 6) is 1.29. The molecule has 156 valence electrons. The van der Waals surface area contributed by atoms with Gasteiger partial charge in [0.25, 0.3) is 5.91 Å². The van der Waals surface area contributed by atoms with Gasteiger partial charge < -0.3 is 10.6 Å². The molecular weight excluding hydrogens is 376 g/mol. The zero-order chi connectivity index (χ0) is 20.9. The second-order valence-corrected chi connectivity index (χ2v) is 9.49. The summed E-state index contributed by atoms with van der Waals surface area (Å²) >= 11 is 0. The predicted molar refractivity (Wildman–Crippen MR) is 115 cm³/mol. The molecule has 0 spiro atoms. The minimum absolute atomic E-state index is 0.0866. The van der Waals surface area contributed by atoms with Crippen molar-refractivity contribution >= 4 is 17.4 Å². The average molecular weight is 405 g/mol. The monoisotopic (exact) mass is 404 g/mol. The highest BCUT2D eigenvalue weighted by atomic mass is 16.1. The molecule has 3 heterocycles. The van der Waals surface area contributed by atoms with E-state index in [2.05, 4.69) is 46.5 Å². The van der Waals surface area contributed by atoms with Crippen molar-refractivity contribution in [1.82, 2.24) is 24.9 Å². The topological polar surface area (TPSA) is 84.2 Å². The maximum atomic E-state index is 13.2. The molecule has 3 aromatic rings. The standard InChI is InChI=1S/C23H28N6O/c1-22(2)16-6-8-23(22,3)18(11-16)27-21(30)17-14-26-29-10-7-19(28-20(17)29)25-13-15-5-4-9-24-12-15/h4-5,7,9-10,12,14,16,18H,6,8,11,13H2,1-3H3,(H,25,28)(H,27,30)/t16-,18+,23-/m0/s1. The molecule has 0 unspecified atom stereocenters. The van der Waals surface area contributed by atoms with E-state index < -0.39 is 0 Å². The van der Waals surface area contributed by atoms with E-state index in [1.807, 2.05) is 30.6 Å². The van der Waals surface area contributed by atoms with Crippen LogP contribution in [0.2, 0.25) is 0 Å². The van der Waals surface area contributed by atoms with E-state index in [9.17, 15) is 4.79 Å². The molecule has 3 aromatic heterocycles. The first-order valence-electron chi connectivity index (χ1n) is 10.7. The highest BCUT2D eigenvalue weighted by Gasteiger charge is 2.61. The lowest BCUT2D eigenvalue weighted by Crippen LogP contribution is -2.46. The number of rotatable bonds is 5. The fraction of sp³-hybridized carbons (Fsp3) is 0.478. The molecule has 0 aliphatic heterocycles. The summed E-state index contributed by atoms with van der Waals surface area (Å²) in [6.45, 7) is 7.66. The Labute approximate surface area is 176 Å². The third-order valence-corrected chi connectivity index (χ3v) is 7.91. The van der Waals surface area contributed by atoms with Crippen LogP contribution < -0.4 is 10.6 Å². The maximum Gasteiger partial charge on any atom is 0.257 e. The Morgan fingerprint density at radius 1 is 1.27 bits per heavy atom. The summed E-state index contributed by atoms with van der Waals surface area (Å²) in [5, 5.41) is 10.9. The van der Waals surface area contributed by atoms with Crippen molar-refractivity contribution in [2.45, 2.75) is 52.6 Å². The average Bonchev–Trinajstić information content (AvgIpc) is 3.32. The van der Waals surface area contributed by atoms with E-state index >= 15 is 0 Å². The van der Waals surface area contributed by atoms with Crippen molar-refractivity contribution in [3.63, 3.8) is 0 Å². The number of pyridine rings is 1. The fourth-order valence-corrected chi connectivity index (χ4v) is 5.48. The quantitative estimate of drug-likeness (QED) is 0.678. The van der Waals surface area contributed by atoms with Crippen LogP contribution in [-0.4, -0.2) is 31.5 Å². The predicted octanol–water partition coefficient (Wildman–Crippen LogP) is 3.68. The number of anilines is 1. The molecule has 2 bridgehead atoms. The first-order chi connectivity index (χ1) is 14.4. The molecule has 2 fully saturated rings. The molecule has 0 radical (unpaired) electrons. The van der Waals surface area contributed by atoms with Gasteiger partial charge in [-0.2, -0.15) is 5.10 Å². The summed E-state index contributed by atoms with van der Waals surface area (Å²) in [4.78, 5) is 21.9. The lowest BCUT2D eigenvalue weighted by Gasteiger charge is -2.39. The van der Waals surface area contributed by atoms with E-state index in [4.69, 9.17) is 0 Å². The summed E-state index contributed by atoms with van der Waals surface area (Å²) in [6, 6.07) is 5.97. The van der Waals surface area contributed by atoms with Gasteiger partial charge in [0.15, 0.2) is 5.65 Å². The van der Waals surface area contributed by atoms with Gasteiger partial charge in [0.2, 0.25) is 0 Å². The number of fused-ring (bicyclic) bond motifs is 3. The highest BCUT2D eigenvalue weighted by Crippen LogP contribution is 2.65. The lowest BCUT2D eigenvalue weighted by atomic mass is 9.69. The molecule has 3 atom stereocenters. The van der Waals surface area contributed by atoms with E-state index in [1.54, 1.807) is 16.9 Å². The van der Waals surface area contributed by atoms with Crippen molar-refractivity contribution in [2.24, 2.45) is 16.7 Å². The molecule has 2 aliphatic rings. The number of hydrogen-bond acceptors (Lipinski definition) is 5. The number of amides is 1. The van der Waals surface area contributed by atoms with Gasteiger partial charge in [0.1, 0.15) is 11.4 Å². The van der Waals surface area contributed by atoms with Gasteiger partial charge in [-0.15, -0.1) is 0 Å². The zero-order valence-electron chi connectivity index (χ0n) is 17.7. The van der Waals surface area contributed by atoms with Crippen LogP contribution in [0.5, 0.6) is 0 Å². The van der Waals surface area contributed by atoms with E-state index in [0.717, 1.165) is 12.0 Å². The minimum atomic E-state index is -0.0866. The summed E-state index contributed by atoms with van der Waals surface area (Å²) in [7, 11) is 0. The third-order valence-electron chi connectivity index (χ3n) is 7.91. The van der Waals surface area contributed by atoms with Gasteiger partial charge in [-0.05, 0) is 53.7 Å². The van der Waals surface area contributed by atoms with Crippen molar-refractivity contribution in [3.8, 4) is 0 Å². The van der Waals surface area contributed by atoms with Gasteiger partial charge in [-0.3, -0.25) is 9.78 Å². The molecule has 0 aromatic carbocycles. The van der Waals surface area contributed by atoms with E-state index in [1.165, 1.54) is 12.8 Å². The summed E-state index contributed by atoms with van der Waals surface area (Å²) < 4.78 is 1.65. The van der Waals surface area contributed by atoms with E-state index in [0.29, 0.717) is 29.5 Å². The lowest BCUT2D eigenvalue weighted by molar-refractivity contribution is 0.0827. The van der Waals surface area contributed by atoms with Crippen LogP contribution in [-0.2, 0) is 6.54 Å². The van der Waals surface area contributed by atoms with Gasteiger partial charge in [-0.25, -0.2) is 9.50 Å². The molecular formula is C23H28N6O. The molecule has 0 saturated heterocycles. The Hall–Kier alpha value is -2.96. The second-order valence-electron chi connectivity index (χ2n) is 9.49. The van der Waals surface area contributed by atoms with Crippen LogP contribution >= 0.6 is 0 Å². The summed E-state index contributed by atoms with van der Waals surface area (Å²) in [6.07, 6.45) is 10.5. The smallest absolute Gasteiger partial charge is 0.257 e. The number of carbonyl (C=O) groups is 1. The number of carbonyl (C=O) groups excluding carboxylic acids is 1. The van der Waals surface area contributed by atoms with Crippen LogP contribution in [0.25, 0.3) is 5.65 Å². The molecule has 5 rings (SSSR count). The first-order valence-corrected chi connectivity index (χ1v) is 10.7. The molecule has 30 heavy (non-hydrogen) atoms. The largest absolute Gasteiger partial charge is 0.366 e. The molecule has 1 amide bonds. The highest BCUT2D eigenvalue weighted by molar-refractivity contribution is 6.00. The Kier molecular flexibility index (Phi) is 4.31. The minimum Gasteiger partial charge on any atom is -0.366 e. The van der Waals surface area contributed by atoms with Crippen LogP contribution in [0.1, 0.15) is 56.0 Å². The Balaban J connectivity index is 1.35. The summed E-state index contributed by atoms with van der Waals surface area (Å²) in [5.41, 5.74) is 2.55. The van der Waals surface area contributed by atoms with Crippen molar-refractivity contribution in [3.05, 3.63) is 54.1 Å². The van der Waals surface area contributed by atoms with Crippen molar-refractivity contribution in [1.29, 1.82) is 0 Å². The van der Waals surface area contributed by atoms with Gasteiger partial charge in [0, 0.05) is 31.2 Å². The molecule has 2 N–H and O–H groups in total. The second kappa shape index (κ2) is 6.79. The van der Waals surface area contributed by atoms with Gasteiger partial charge >= 0.3 is 0 Å². The third kappa shape index (κ3) is 2.87. The van der Waals surface area contributed by atoms with Crippen LogP contribution in [0, 0.1) is 16.7 Å². The number of aromatic nitrogens is 4. The van der Waals surface area contributed by atoms with Crippen LogP contribution in [0.3, 0.4) is 0 Å². The SMILES string of the molecule is CC1(C)[C@H]2CC[C@@]1(C)[C@H](NC(=O)c1cnn3ccc(NCc4cccnc4)nc13)C2. The van der Waals surface area contributed by atoms with Crippen LogP contribution in [0.4, 0.5) is 5.82 Å². The molecule has 2 aliphatic carbocycles. The van der Waals surface area contributed by atoms with Crippen molar-refractivity contribution < 1.29 is 4.79 Å². The Morgan fingerprint density at radius 2 is 2.13 bits per heavy atom. The Morgan fingerprint density at radius 3 is 2.83 bits per heavy atom. The molecule has 7 heteroatoms. The fourth-order valence-electron chi connectivity index (χ4n) is 5.48. The number of nitrogens with one attached hydrogen (secondary N) is 2. The Bertz CT molecular complexity index is 1090.